The van der Waals surface area contributed by atoms with E-state index in [1.54, 1.807) is 0 Å². The van der Waals surface area contributed by atoms with Crippen LogP contribution < -0.4 is 0 Å². The van der Waals surface area contributed by atoms with E-state index in [0.29, 0.717) is 13.2 Å². The molecule has 240 valence electrons. The molecule has 0 aromatic carbocycles. The van der Waals surface area contributed by atoms with Crippen molar-refractivity contribution in [2.24, 2.45) is 0 Å². The Balaban J connectivity index is 0. The maximum Gasteiger partial charge on any atom is 0.330 e. The average molecular weight is 567 g/mol. The third-order valence-corrected chi connectivity index (χ3v) is 7.92. The monoisotopic (exact) mass is 567 g/mol. The predicted molar refractivity (Wildman–Crippen MR) is 178 cm³/mol. The van der Waals surface area contributed by atoms with Crippen molar-refractivity contribution < 1.29 is 14.6 Å². The molecule has 0 radical (unpaired) electrons. The second-order valence-corrected chi connectivity index (χ2v) is 12.0. The summed E-state index contributed by atoms with van der Waals surface area (Å²) in [5.74, 6) is -0.300. The molecule has 0 saturated carbocycles. The highest BCUT2D eigenvalue weighted by molar-refractivity contribution is 5.81. The van der Waals surface area contributed by atoms with Crippen LogP contribution in [0.3, 0.4) is 0 Å². The second kappa shape index (κ2) is 40.3. The minimum absolute atomic E-state index is 0.300. The van der Waals surface area contributed by atoms with Crippen LogP contribution in [-0.2, 0) is 9.53 Å². The largest absolute Gasteiger partial charge is 0.463 e. The first-order valence-electron chi connectivity index (χ1n) is 18.1. The van der Waals surface area contributed by atoms with Gasteiger partial charge in [-0.2, -0.15) is 0 Å². The summed E-state index contributed by atoms with van der Waals surface area (Å²) in [7, 11) is 0. The van der Waals surface area contributed by atoms with E-state index in [0.717, 1.165) is 12.8 Å². The van der Waals surface area contributed by atoms with E-state index in [2.05, 4.69) is 20.4 Å². The van der Waals surface area contributed by atoms with Gasteiger partial charge >= 0.3 is 5.97 Å². The maximum absolute atomic E-state index is 10.8. The van der Waals surface area contributed by atoms with E-state index < -0.39 is 0 Å². The normalized spacial score (nSPS) is 10.8. The highest BCUT2D eigenvalue weighted by Crippen LogP contribution is 2.14. The smallest absolute Gasteiger partial charge is 0.330 e. The minimum Gasteiger partial charge on any atom is -0.463 e. The van der Waals surface area contributed by atoms with E-state index in [4.69, 9.17) is 9.84 Å². The summed E-state index contributed by atoms with van der Waals surface area (Å²) in [5, 5.41) is 8.64. The van der Waals surface area contributed by atoms with Gasteiger partial charge in [0.05, 0.1) is 6.61 Å². The van der Waals surface area contributed by atoms with E-state index in [1.807, 2.05) is 0 Å². The molecule has 0 aliphatic heterocycles. The molecule has 0 aromatic rings. The zero-order chi connectivity index (χ0) is 29.6. The fourth-order valence-electron chi connectivity index (χ4n) is 5.19. The molecule has 40 heavy (non-hydrogen) atoms. The number of ether oxygens (including phenoxy) is 1. The average Bonchev–Trinajstić information content (AvgIpc) is 2.97. The SMILES string of the molecule is C=CC(=O)OCCCCCCCCCCCCCCCCCC.CCCCCCCCCCCCCCCCO. The van der Waals surface area contributed by atoms with Crippen LogP contribution in [-0.4, -0.2) is 24.3 Å². The van der Waals surface area contributed by atoms with E-state index in [-0.39, 0.29) is 5.97 Å². The van der Waals surface area contributed by atoms with Gasteiger partial charge in [0.25, 0.3) is 0 Å². The Morgan fingerprint density at radius 3 is 0.975 bits per heavy atom. The molecule has 0 aromatic heterocycles. The highest BCUT2D eigenvalue weighted by Gasteiger charge is 1.97. The van der Waals surface area contributed by atoms with Gasteiger partial charge in [0.15, 0.2) is 0 Å². The van der Waals surface area contributed by atoms with Gasteiger partial charge in [0.1, 0.15) is 0 Å². The van der Waals surface area contributed by atoms with Crippen LogP contribution in [0.15, 0.2) is 12.7 Å². The van der Waals surface area contributed by atoms with Crippen LogP contribution in [0.2, 0.25) is 0 Å². The first kappa shape index (κ1) is 41.3. The standard InChI is InChI=1S/C21H40O2.C16H34O/c1-3-5-6-7-8-9-10-11-12-13-14-15-16-17-18-19-20-23-21(22)4-2;1-2-3-4-5-6-7-8-9-10-11-12-13-14-15-16-17/h4H,2-3,5-20H2,1H3;17H,2-16H2,1H3. The summed E-state index contributed by atoms with van der Waals surface area (Å²) in [6, 6.07) is 0. The maximum atomic E-state index is 10.8. The van der Waals surface area contributed by atoms with Gasteiger partial charge in [-0.1, -0.05) is 200 Å². The lowest BCUT2D eigenvalue weighted by molar-refractivity contribution is -0.137. The Bertz CT molecular complexity index is 448. The summed E-state index contributed by atoms with van der Waals surface area (Å²) in [6.07, 6.45) is 42.2. The van der Waals surface area contributed by atoms with Gasteiger partial charge in [-0.3, -0.25) is 0 Å². The number of aliphatic hydroxyl groups excluding tert-OH is 1. The molecular weight excluding hydrogens is 492 g/mol. The van der Waals surface area contributed by atoms with Crippen LogP contribution in [0.5, 0.6) is 0 Å². The molecule has 0 aliphatic rings. The molecule has 3 heteroatoms. The summed E-state index contributed by atoms with van der Waals surface area (Å²) in [6.45, 7) is 8.86. The number of carbonyl (C=O) groups excluding carboxylic acids is 1. The Hall–Kier alpha value is -0.830. The van der Waals surface area contributed by atoms with Gasteiger partial charge in [0.2, 0.25) is 0 Å². The van der Waals surface area contributed by atoms with Gasteiger partial charge in [-0.05, 0) is 12.8 Å². The summed E-state index contributed by atoms with van der Waals surface area (Å²) in [4.78, 5) is 10.8. The molecule has 0 heterocycles. The molecule has 0 unspecified atom stereocenters. The first-order valence-corrected chi connectivity index (χ1v) is 18.1. The Labute approximate surface area is 252 Å². The number of aliphatic hydroxyl groups is 1. The lowest BCUT2D eigenvalue weighted by atomic mass is 10.0. The molecule has 0 aliphatic carbocycles. The zero-order valence-electron chi connectivity index (χ0n) is 27.7. The molecule has 0 amide bonds. The summed E-state index contributed by atoms with van der Waals surface area (Å²) < 4.78 is 4.95. The summed E-state index contributed by atoms with van der Waals surface area (Å²) >= 11 is 0. The molecule has 1 N–H and O–H groups in total. The van der Waals surface area contributed by atoms with Gasteiger partial charge in [0, 0.05) is 12.7 Å². The Morgan fingerprint density at radius 1 is 0.475 bits per heavy atom. The molecule has 0 spiro atoms. The highest BCUT2D eigenvalue weighted by atomic mass is 16.5. The molecule has 0 bridgehead atoms. The molecule has 0 rings (SSSR count). The van der Waals surface area contributed by atoms with E-state index in [1.165, 1.54) is 186 Å². The number of rotatable bonds is 32. The van der Waals surface area contributed by atoms with Crippen LogP contribution in [0.4, 0.5) is 0 Å². The second-order valence-electron chi connectivity index (χ2n) is 12.0. The van der Waals surface area contributed by atoms with Crippen molar-refractivity contribution in [2.75, 3.05) is 13.2 Å². The predicted octanol–water partition coefficient (Wildman–Crippen LogP) is 12.4. The molecule has 0 saturated heterocycles. The van der Waals surface area contributed by atoms with Crippen molar-refractivity contribution in [3.63, 3.8) is 0 Å². The Kier molecular flexibility index (Phi) is 41.6. The molecule has 0 fully saturated rings. The fraction of sp³-hybridized carbons (Fsp3) is 0.919. The molecular formula is C37H74O3. The van der Waals surface area contributed by atoms with Crippen molar-refractivity contribution in [3.8, 4) is 0 Å². The molecule has 3 nitrogen and oxygen atoms in total. The van der Waals surface area contributed by atoms with Crippen molar-refractivity contribution in [1.29, 1.82) is 0 Å². The third kappa shape index (κ3) is 41.6. The van der Waals surface area contributed by atoms with Crippen molar-refractivity contribution >= 4 is 5.97 Å². The quantitative estimate of drug-likeness (QED) is 0.0500. The van der Waals surface area contributed by atoms with E-state index in [9.17, 15) is 4.79 Å². The lowest BCUT2D eigenvalue weighted by Gasteiger charge is -2.04. The fourth-order valence-corrected chi connectivity index (χ4v) is 5.19. The third-order valence-electron chi connectivity index (χ3n) is 7.92. The first-order chi connectivity index (χ1) is 19.7. The van der Waals surface area contributed by atoms with Crippen molar-refractivity contribution in [3.05, 3.63) is 12.7 Å². The topological polar surface area (TPSA) is 46.5 Å². The minimum atomic E-state index is -0.300. The zero-order valence-corrected chi connectivity index (χ0v) is 27.7. The van der Waals surface area contributed by atoms with Crippen molar-refractivity contribution in [1.82, 2.24) is 0 Å². The number of hydrogen-bond acceptors (Lipinski definition) is 3. The number of unbranched alkanes of at least 4 members (excludes halogenated alkanes) is 28. The Morgan fingerprint density at radius 2 is 0.725 bits per heavy atom. The van der Waals surface area contributed by atoms with Crippen LogP contribution in [0.25, 0.3) is 0 Å². The van der Waals surface area contributed by atoms with Crippen LogP contribution in [0, 0.1) is 0 Å². The van der Waals surface area contributed by atoms with E-state index >= 15 is 0 Å². The van der Waals surface area contributed by atoms with Crippen LogP contribution >= 0.6 is 0 Å². The van der Waals surface area contributed by atoms with Crippen LogP contribution in [0.1, 0.15) is 206 Å². The molecule has 0 atom stereocenters. The van der Waals surface area contributed by atoms with Gasteiger partial charge < -0.3 is 9.84 Å². The number of carbonyl (C=O) groups is 1. The van der Waals surface area contributed by atoms with Crippen molar-refractivity contribution in [2.45, 2.75) is 206 Å². The van der Waals surface area contributed by atoms with Gasteiger partial charge in [-0.25, -0.2) is 4.79 Å². The van der Waals surface area contributed by atoms with Gasteiger partial charge in [-0.15, -0.1) is 0 Å². The number of hydrogen-bond donors (Lipinski definition) is 1. The number of esters is 1. The lowest BCUT2D eigenvalue weighted by Crippen LogP contribution is -2.01. The summed E-state index contributed by atoms with van der Waals surface area (Å²) in [5.41, 5.74) is 0.